The average Bonchev–Trinajstić information content (AvgIpc) is 3.11. The molecule has 0 aliphatic rings. The lowest BCUT2D eigenvalue weighted by molar-refractivity contribution is -0.137. The molecular formula is C27H35N3O3. The zero-order chi connectivity index (χ0) is 24.0. The second kappa shape index (κ2) is 11.1. The Balaban J connectivity index is 1.94. The smallest absolute Gasteiger partial charge is 0.305 e. The molecule has 6 nitrogen and oxygen atoms in total. The fraction of sp³-hybridized carbons (Fsp3) is 0.444. The van der Waals surface area contributed by atoms with E-state index in [4.69, 9.17) is 4.98 Å². The summed E-state index contributed by atoms with van der Waals surface area (Å²) in [5, 5.41) is 12.1. The zero-order valence-corrected chi connectivity index (χ0v) is 20.0. The SMILES string of the molecule is CCC(CC)n1c(Cc2ccccc2)nc2cc(C(=O)N[C@H](CC(=O)O)CC(C)C)ccc21. The highest BCUT2D eigenvalue weighted by Gasteiger charge is 2.21. The Morgan fingerprint density at radius 1 is 1.06 bits per heavy atom. The summed E-state index contributed by atoms with van der Waals surface area (Å²) in [6, 6.07) is 15.8. The molecule has 6 heteroatoms. The first-order valence-electron chi connectivity index (χ1n) is 11.9. The van der Waals surface area contributed by atoms with Gasteiger partial charge in [-0.15, -0.1) is 0 Å². The lowest BCUT2D eigenvalue weighted by atomic mass is 10.0. The van der Waals surface area contributed by atoms with Crippen molar-refractivity contribution in [1.82, 2.24) is 14.9 Å². The molecule has 0 bridgehead atoms. The lowest BCUT2D eigenvalue weighted by Crippen LogP contribution is -2.37. The summed E-state index contributed by atoms with van der Waals surface area (Å²) in [5.41, 5.74) is 3.51. The van der Waals surface area contributed by atoms with Gasteiger partial charge in [-0.3, -0.25) is 9.59 Å². The number of hydrogen-bond donors (Lipinski definition) is 2. The molecule has 1 aromatic heterocycles. The number of carbonyl (C=O) groups is 2. The number of fused-ring (bicyclic) bond motifs is 1. The number of imidazole rings is 1. The van der Waals surface area contributed by atoms with Gasteiger partial charge in [0.05, 0.1) is 17.5 Å². The molecule has 176 valence electrons. The van der Waals surface area contributed by atoms with E-state index in [2.05, 4.69) is 35.9 Å². The van der Waals surface area contributed by atoms with Crippen molar-refractivity contribution < 1.29 is 14.7 Å². The Kier molecular flexibility index (Phi) is 8.26. The van der Waals surface area contributed by atoms with Crippen molar-refractivity contribution in [3.63, 3.8) is 0 Å². The Labute approximate surface area is 196 Å². The Bertz CT molecular complexity index is 1080. The second-order valence-corrected chi connectivity index (χ2v) is 9.13. The van der Waals surface area contributed by atoms with Crippen molar-refractivity contribution in [1.29, 1.82) is 0 Å². The van der Waals surface area contributed by atoms with Crippen LogP contribution >= 0.6 is 0 Å². The van der Waals surface area contributed by atoms with Crippen molar-refractivity contribution in [2.75, 3.05) is 0 Å². The van der Waals surface area contributed by atoms with E-state index < -0.39 is 12.0 Å². The number of nitrogens with zero attached hydrogens (tertiary/aromatic N) is 2. The molecule has 0 unspecified atom stereocenters. The minimum atomic E-state index is -0.911. The van der Waals surface area contributed by atoms with Crippen LogP contribution in [0.15, 0.2) is 48.5 Å². The van der Waals surface area contributed by atoms with E-state index >= 15 is 0 Å². The molecule has 0 saturated heterocycles. The molecule has 2 aromatic carbocycles. The summed E-state index contributed by atoms with van der Waals surface area (Å²) >= 11 is 0. The summed E-state index contributed by atoms with van der Waals surface area (Å²) in [6.45, 7) is 8.41. The van der Waals surface area contributed by atoms with Gasteiger partial charge in [-0.2, -0.15) is 0 Å². The number of amides is 1. The molecule has 0 fully saturated rings. The predicted octanol–water partition coefficient (Wildman–Crippen LogP) is 5.61. The van der Waals surface area contributed by atoms with Gasteiger partial charge >= 0.3 is 5.97 Å². The first-order chi connectivity index (χ1) is 15.8. The van der Waals surface area contributed by atoms with E-state index in [9.17, 15) is 14.7 Å². The van der Waals surface area contributed by atoms with Crippen LogP contribution in [0, 0.1) is 5.92 Å². The average molecular weight is 450 g/mol. The molecule has 3 aromatic rings. The normalized spacial score (nSPS) is 12.4. The van der Waals surface area contributed by atoms with Crippen molar-refractivity contribution in [3.05, 3.63) is 65.5 Å². The third-order valence-electron chi connectivity index (χ3n) is 6.05. The third kappa shape index (κ3) is 6.21. The minimum Gasteiger partial charge on any atom is -0.481 e. The Morgan fingerprint density at radius 3 is 2.36 bits per heavy atom. The fourth-order valence-electron chi connectivity index (χ4n) is 4.50. The van der Waals surface area contributed by atoms with Crippen LogP contribution < -0.4 is 5.32 Å². The second-order valence-electron chi connectivity index (χ2n) is 9.13. The van der Waals surface area contributed by atoms with Gasteiger partial charge in [0.1, 0.15) is 5.82 Å². The van der Waals surface area contributed by atoms with E-state index in [0.29, 0.717) is 18.0 Å². The number of carbonyl (C=O) groups excluding carboxylic acids is 1. The molecular weight excluding hydrogens is 414 g/mol. The van der Waals surface area contributed by atoms with E-state index in [1.165, 1.54) is 5.56 Å². The molecule has 0 spiro atoms. The highest BCUT2D eigenvalue weighted by molar-refractivity contribution is 5.97. The van der Waals surface area contributed by atoms with Crippen LogP contribution in [0.1, 0.15) is 81.2 Å². The monoisotopic (exact) mass is 449 g/mol. The fourth-order valence-corrected chi connectivity index (χ4v) is 4.50. The first kappa shape index (κ1) is 24.5. The number of aliphatic carboxylic acids is 1. The number of aromatic nitrogens is 2. The Morgan fingerprint density at radius 2 is 1.76 bits per heavy atom. The number of rotatable bonds is 11. The van der Waals surface area contributed by atoms with Crippen molar-refractivity contribution >= 4 is 22.9 Å². The standard InChI is InChI=1S/C27H35N3O3/c1-5-22(6-2)30-24-13-12-20(27(33)28-21(14-18(3)4)17-26(31)32)16-23(24)29-25(30)15-19-10-8-7-9-11-19/h7-13,16,18,21-22H,5-6,14-15,17H2,1-4H3,(H,28,33)(H,31,32)/t21-/m0/s1. The van der Waals surface area contributed by atoms with E-state index in [1.54, 1.807) is 0 Å². The van der Waals surface area contributed by atoms with Gasteiger partial charge in [-0.25, -0.2) is 4.98 Å². The molecule has 1 amide bonds. The molecule has 33 heavy (non-hydrogen) atoms. The largest absolute Gasteiger partial charge is 0.481 e. The number of carboxylic acid groups (broad SMARTS) is 1. The zero-order valence-electron chi connectivity index (χ0n) is 20.0. The van der Waals surface area contributed by atoms with E-state index in [1.807, 2.05) is 50.2 Å². The van der Waals surface area contributed by atoms with Crippen LogP contribution in [0.5, 0.6) is 0 Å². The summed E-state index contributed by atoms with van der Waals surface area (Å²) in [5.74, 6) is 0.107. The number of hydrogen-bond acceptors (Lipinski definition) is 3. The van der Waals surface area contributed by atoms with Crippen molar-refractivity contribution in [3.8, 4) is 0 Å². The molecule has 0 aliphatic carbocycles. The highest BCUT2D eigenvalue weighted by atomic mass is 16.4. The van der Waals surface area contributed by atoms with Crippen LogP contribution in [-0.4, -0.2) is 32.6 Å². The van der Waals surface area contributed by atoms with Gasteiger partial charge in [-0.05, 0) is 48.9 Å². The molecule has 1 atom stereocenters. The molecule has 0 radical (unpaired) electrons. The highest BCUT2D eigenvalue weighted by Crippen LogP contribution is 2.28. The van der Waals surface area contributed by atoms with Crippen LogP contribution in [0.25, 0.3) is 11.0 Å². The molecule has 3 rings (SSSR count). The molecule has 1 heterocycles. The van der Waals surface area contributed by atoms with E-state index in [0.717, 1.165) is 36.1 Å². The lowest BCUT2D eigenvalue weighted by Gasteiger charge is -2.20. The number of benzene rings is 2. The van der Waals surface area contributed by atoms with Crippen molar-refractivity contribution in [2.45, 2.75) is 71.9 Å². The Hall–Kier alpha value is -3.15. The maximum absolute atomic E-state index is 13.0. The quantitative estimate of drug-likeness (QED) is 0.399. The van der Waals surface area contributed by atoms with Gasteiger partial charge in [-0.1, -0.05) is 58.0 Å². The van der Waals surface area contributed by atoms with Crippen LogP contribution in [-0.2, 0) is 11.2 Å². The summed E-state index contributed by atoms with van der Waals surface area (Å²) in [6.07, 6.45) is 3.25. The van der Waals surface area contributed by atoms with E-state index in [-0.39, 0.29) is 18.2 Å². The summed E-state index contributed by atoms with van der Waals surface area (Å²) in [7, 11) is 0. The summed E-state index contributed by atoms with van der Waals surface area (Å²) < 4.78 is 2.32. The minimum absolute atomic E-state index is 0.0866. The van der Waals surface area contributed by atoms with Gasteiger partial charge in [0.25, 0.3) is 5.91 Å². The van der Waals surface area contributed by atoms with Gasteiger partial charge in [0.2, 0.25) is 0 Å². The first-order valence-corrected chi connectivity index (χ1v) is 11.9. The van der Waals surface area contributed by atoms with Gasteiger partial charge < -0.3 is 15.0 Å². The predicted molar refractivity (Wildman–Crippen MR) is 132 cm³/mol. The van der Waals surface area contributed by atoms with Crippen LogP contribution in [0.4, 0.5) is 0 Å². The topological polar surface area (TPSA) is 84.2 Å². The molecule has 0 saturated carbocycles. The maximum atomic E-state index is 13.0. The third-order valence-corrected chi connectivity index (χ3v) is 6.05. The van der Waals surface area contributed by atoms with Crippen LogP contribution in [0.3, 0.4) is 0 Å². The van der Waals surface area contributed by atoms with Gasteiger partial charge in [0, 0.05) is 24.1 Å². The van der Waals surface area contributed by atoms with Gasteiger partial charge in [0.15, 0.2) is 0 Å². The number of carboxylic acids is 1. The summed E-state index contributed by atoms with van der Waals surface area (Å²) in [4.78, 5) is 29.1. The molecule has 2 N–H and O–H groups in total. The van der Waals surface area contributed by atoms with Crippen LogP contribution in [0.2, 0.25) is 0 Å². The number of nitrogens with one attached hydrogen (secondary N) is 1. The maximum Gasteiger partial charge on any atom is 0.305 e. The molecule has 0 aliphatic heterocycles. The van der Waals surface area contributed by atoms with Crippen molar-refractivity contribution in [2.24, 2.45) is 5.92 Å².